The fourth-order valence-electron chi connectivity index (χ4n) is 1.55. The lowest BCUT2D eigenvalue weighted by molar-refractivity contribution is -0.129. The molecule has 5 nitrogen and oxygen atoms in total. The zero-order valence-electron chi connectivity index (χ0n) is 12.0. The molecule has 0 bridgehead atoms. The molecule has 0 saturated heterocycles. The number of carbonyl (C=O) groups excluding carboxylic acids is 2. The fraction of sp³-hybridized carbons (Fsp3) is 0.333. The number of nitrogens with two attached hydrogens (primary N) is 1. The summed E-state index contributed by atoms with van der Waals surface area (Å²) in [5.41, 5.74) is 6.43. The molecule has 0 aliphatic heterocycles. The number of nitrogens with zero attached hydrogens (tertiary/aromatic N) is 2. The third-order valence-electron chi connectivity index (χ3n) is 2.70. The van der Waals surface area contributed by atoms with E-state index in [2.05, 4.69) is 11.8 Å². The molecule has 0 saturated carbocycles. The lowest BCUT2D eigenvalue weighted by Crippen LogP contribution is -2.38. The first-order valence-corrected chi connectivity index (χ1v) is 6.21. The molecular formula is C15H19N3O2. The van der Waals surface area contributed by atoms with E-state index in [1.54, 1.807) is 39.3 Å². The number of hydrogen-bond donors (Lipinski definition) is 1. The van der Waals surface area contributed by atoms with Gasteiger partial charge >= 0.3 is 0 Å². The topological polar surface area (TPSA) is 66.6 Å². The summed E-state index contributed by atoms with van der Waals surface area (Å²) in [6, 6.07) is 7.03. The molecule has 1 aromatic carbocycles. The third-order valence-corrected chi connectivity index (χ3v) is 2.70. The van der Waals surface area contributed by atoms with Crippen molar-refractivity contribution in [2.24, 2.45) is 5.73 Å². The van der Waals surface area contributed by atoms with Crippen molar-refractivity contribution in [2.75, 3.05) is 34.2 Å². The van der Waals surface area contributed by atoms with E-state index in [0.29, 0.717) is 11.1 Å². The second-order valence-corrected chi connectivity index (χ2v) is 4.50. The molecule has 1 aromatic rings. The van der Waals surface area contributed by atoms with Crippen LogP contribution in [0, 0.1) is 11.8 Å². The summed E-state index contributed by atoms with van der Waals surface area (Å²) in [5, 5.41) is 0. The molecule has 0 atom stereocenters. The van der Waals surface area contributed by atoms with E-state index in [1.165, 1.54) is 9.80 Å². The van der Waals surface area contributed by atoms with Crippen molar-refractivity contribution in [3.63, 3.8) is 0 Å². The maximum Gasteiger partial charge on any atom is 0.255 e. The van der Waals surface area contributed by atoms with E-state index in [4.69, 9.17) is 5.73 Å². The van der Waals surface area contributed by atoms with Crippen molar-refractivity contribution in [1.29, 1.82) is 0 Å². The smallest absolute Gasteiger partial charge is 0.255 e. The van der Waals surface area contributed by atoms with E-state index in [0.717, 1.165) is 0 Å². The minimum Gasteiger partial charge on any atom is -0.347 e. The second-order valence-electron chi connectivity index (χ2n) is 4.50. The predicted octanol–water partition coefficient (Wildman–Crippen LogP) is 0.157. The van der Waals surface area contributed by atoms with Crippen LogP contribution in [0.1, 0.15) is 15.9 Å². The van der Waals surface area contributed by atoms with Gasteiger partial charge in [-0.15, -0.1) is 0 Å². The van der Waals surface area contributed by atoms with E-state index < -0.39 is 0 Å². The second kappa shape index (κ2) is 7.31. The SMILES string of the molecule is CN(C)C(=O)CN(C)C(=O)c1ccccc1C#CCN. The molecule has 0 aromatic heterocycles. The van der Waals surface area contributed by atoms with Crippen LogP contribution in [-0.4, -0.2) is 55.8 Å². The van der Waals surface area contributed by atoms with Crippen molar-refractivity contribution in [3.05, 3.63) is 35.4 Å². The molecule has 0 aliphatic rings. The Balaban J connectivity index is 2.94. The van der Waals surface area contributed by atoms with Gasteiger partial charge in [0.2, 0.25) is 5.91 Å². The average Bonchev–Trinajstić information content (AvgIpc) is 2.44. The summed E-state index contributed by atoms with van der Waals surface area (Å²) >= 11 is 0. The van der Waals surface area contributed by atoms with Crippen LogP contribution in [0.5, 0.6) is 0 Å². The summed E-state index contributed by atoms with van der Waals surface area (Å²) in [6.45, 7) is 0.266. The Hall–Kier alpha value is -2.32. The molecule has 0 heterocycles. The summed E-state index contributed by atoms with van der Waals surface area (Å²) in [7, 11) is 4.90. The molecule has 0 radical (unpaired) electrons. The molecule has 5 heteroatoms. The number of benzene rings is 1. The van der Waals surface area contributed by atoms with Crippen LogP contribution >= 0.6 is 0 Å². The molecule has 0 unspecified atom stereocenters. The molecule has 20 heavy (non-hydrogen) atoms. The Morgan fingerprint density at radius 3 is 2.45 bits per heavy atom. The fourth-order valence-corrected chi connectivity index (χ4v) is 1.55. The van der Waals surface area contributed by atoms with Crippen LogP contribution in [0.25, 0.3) is 0 Å². The van der Waals surface area contributed by atoms with Crippen molar-refractivity contribution in [2.45, 2.75) is 0 Å². The highest BCUT2D eigenvalue weighted by molar-refractivity contribution is 5.98. The Labute approximate surface area is 119 Å². The summed E-state index contributed by atoms with van der Waals surface area (Å²) < 4.78 is 0. The van der Waals surface area contributed by atoms with Crippen molar-refractivity contribution in [1.82, 2.24) is 9.80 Å². The zero-order valence-corrected chi connectivity index (χ0v) is 12.0. The maximum atomic E-state index is 12.3. The van der Waals surface area contributed by atoms with Gasteiger partial charge < -0.3 is 15.5 Å². The van der Waals surface area contributed by atoms with Crippen LogP contribution in [0.2, 0.25) is 0 Å². The van der Waals surface area contributed by atoms with E-state index in [1.807, 2.05) is 6.07 Å². The predicted molar refractivity (Wildman–Crippen MR) is 78.0 cm³/mol. The molecule has 0 aliphatic carbocycles. The molecule has 106 valence electrons. The molecule has 1 rings (SSSR count). The van der Waals surface area contributed by atoms with E-state index >= 15 is 0 Å². The summed E-state index contributed by atoms with van der Waals surface area (Å²) in [4.78, 5) is 26.8. The third kappa shape index (κ3) is 4.11. The highest BCUT2D eigenvalue weighted by Crippen LogP contribution is 2.10. The quantitative estimate of drug-likeness (QED) is 0.798. The van der Waals surface area contributed by atoms with Gasteiger partial charge in [-0.1, -0.05) is 24.0 Å². The van der Waals surface area contributed by atoms with Crippen LogP contribution in [0.3, 0.4) is 0 Å². The molecular weight excluding hydrogens is 254 g/mol. The number of rotatable bonds is 3. The van der Waals surface area contributed by atoms with Crippen LogP contribution in [0.4, 0.5) is 0 Å². The van der Waals surface area contributed by atoms with Gasteiger partial charge in [0.15, 0.2) is 0 Å². The lowest BCUT2D eigenvalue weighted by Gasteiger charge is -2.19. The van der Waals surface area contributed by atoms with Gasteiger partial charge in [-0.2, -0.15) is 0 Å². The van der Waals surface area contributed by atoms with Gasteiger partial charge in [0.1, 0.15) is 0 Å². The lowest BCUT2D eigenvalue weighted by atomic mass is 10.1. The zero-order chi connectivity index (χ0) is 15.1. The Morgan fingerprint density at radius 2 is 1.85 bits per heavy atom. The molecule has 2 amide bonds. The molecule has 0 fully saturated rings. The van der Waals surface area contributed by atoms with Crippen LogP contribution < -0.4 is 5.73 Å². The summed E-state index contributed by atoms with van der Waals surface area (Å²) in [6.07, 6.45) is 0. The average molecular weight is 273 g/mol. The van der Waals surface area contributed by atoms with Crippen LogP contribution in [-0.2, 0) is 4.79 Å². The standard InChI is InChI=1S/C15H19N3O2/c1-17(2)14(19)11-18(3)15(20)13-9-5-4-7-12(13)8-6-10-16/h4-5,7,9H,10-11,16H2,1-3H3. The number of amides is 2. The number of hydrogen-bond acceptors (Lipinski definition) is 3. The maximum absolute atomic E-state index is 12.3. The van der Waals surface area contributed by atoms with Gasteiger partial charge in [-0.25, -0.2) is 0 Å². The Morgan fingerprint density at radius 1 is 1.20 bits per heavy atom. The van der Waals surface area contributed by atoms with Gasteiger partial charge in [-0.05, 0) is 12.1 Å². The van der Waals surface area contributed by atoms with Gasteiger partial charge in [0.05, 0.1) is 18.7 Å². The normalized spacial score (nSPS) is 9.40. The first-order valence-electron chi connectivity index (χ1n) is 6.21. The highest BCUT2D eigenvalue weighted by atomic mass is 16.2. The van der Waals surface area contributed by atoms with E-state index in [9.17, 15) is 9.59 Å². The van der Waals surface area contributed by atoms with Gasteiger partial charge in [-0.3, -0.25) is 9.59 Å². The number of likely N-dealkylation sites (N-methyl/N-ethyl adjacent to an activating group) is 2. The van der Waals surface area contributed by atoms with Crippen LogP contribution in [0.15, 0.2) is 24.3 Å². The highest BCUT2D eigenvalue weighted by Gasteiger charge is 2.17. The summed E-state index contributed by atoms with van der Waals surface area (Å²) in [5.74, 6) is 5.23. The first-order chi connectivity index (χ1) is 9.47. The van der Waals surface area contributed by atoms with Gasteiger partial charge in [0.25, 0.3) is 5.91 Å². The van der Waals surface area contributed by atoms with E-state index in [-0.39, 0.29) is 24.9 Å². The monoisotopic (exact) mass is 273 g/mol. The molecule has 2 N–H and O–H groups in total. The van der Waals surface area contributed by atoms with Crippen molar-refractivity contribution < 1.29 is 9.59 Å². The van der Waals surface area contributed by atoms with Crippen molar-refractivity contribution in [3.8, 4) is 11.8 Å². The first kappa shape index (κ1) is 15.7. The Bertz CT molecular complexity index is 556. The minimum atomic E-state index is -0.234. The Kier molecular flexibility index (Phi) is 5.75. The number of carbonyl (C=O) groups is 2. The van der Waals surface area contributed by atoms with Crippen molar-refractivity contribution >= 4 is 11.8 Å². The van der Waals surface area contributed by atoms with Gasteiger partial charge in [0, 0.05) is 26.7 Å². The molecule has 0 spiro atoms. The minimum absolute atomic E-state index is 0.0322. The largest absolute Gasteiger partial charge is 0.347 e.